The maximum atomic E-state index is 13.9. The minimum absolute atomic E-state index is 0.0699. The molecule has 0 atom stereocenters. The number of halogens is 2. The van der Waals surface area contributed by atoms with Gasteiger partial charge in [-0.3, -0.25) is 9.59 Å². The molecule has 0 saturated heterocycles. The molecule has 154 valence electrons. The van der Waals surface area contributed by atoms with Crippen LogP contribution in [0.2, 0.25) is 0 Å². The second-order valence-corrected chi connectivity index (χ2v) is 6.61. The summed E-state index contributed by atoms with van der Waals surface area (Å²) in [7, 11) is 0. The molecule has 0 unspecified atom stereocenters. The Hall–Kier alpha value is -3.30. The predicted molar refractivity (Wildman–Crippen MR) is 101 cm³/mol. The molecule has 2 aromatic heterocycles. The molecule has 1 aliphatic heterocycles. The Bertz CT molecular complexity index is 877. The number of aromatic nitrogens is 2. The van der Waals surface area contributed by atoms with Crippen LogP contribution in [0, 0.1) is 0 Å². The predicted octanol–water partition coefficient (Wildman–Crippen LogP) is 1.81. The molecule has 29 heavy (non-hydrogen) atoms. The van der Waals surface area contributed by atoms with E-state index in [1.807, 2.05) is 4.90 Å². The van der Waals surface area contributed by atoms with Crippen LogP contribution in [0.3, 0.4) is 0 Å². The van der Waals surface area contributed by atoms with Crippen molar-refractivity contribution in [3.05, 3.63) is 41.9 Å². The summed E-state index contributed by atoms with van der Waals surface area (Å²) in [4.78, 5) is 31.6. The fraction of sp³-hybridized carbons (Fsp3) is 0.368. The number of ether oxygens (including phenoxy) is 1. The molecule has 2 amide bonds. The van der Waals surface area contributed by atoms with E-state index in [1.54, 1.807) is 18.3 Å². The third-order valence-corrected chi connectivity index (χ3v) is 4.53. The van der Waals surface area contributed by atoms with E-state index in [1.165, 1.54) is 12.3 Å². The van der Waals surface area contributed by atoms with Crippen molar-refractivity contribution in [3.8, 4) is 5.75 Å². The number of alkyl halides is 2. The summed E-state index contributed by atoms with van der Waals surface area (Å²) in [6.07, 6.45) is 2.85. The lowest BCUT2D eigenvalue weighted by molar-refractivity contribution is -0.109. The highest BCUT2D eigenvalue weighted by Gasteiger charge is 2.28. The Kier molecular flexibility index (Phi) is 6.20. The molecule has 0 radical (unpaired) electrons. The molecule has 2 aromatic rings. The monoisotopic (exact) mass is 405 g/mol. The van der Waals surface area contributed by atoms with E-state index in [2.05, 4.69) is 15.3 Å². The van der Waals surface area contributed by atoms with Crippen molar-refractivity contribution in [2.45, 2.75) is 25.2 Å². The van der Waals surface area contributed by atoms with E-state index in [-0.39, 0.29) is 25.1 Å². The third kappa shape index (κ3) is 5.15. The lowest BCUT2D eigenvalue weighted by atomic mass is 10.1. The number of amides is 2. The van der Waals surface area contributed by atoms with E-state index < -0.39 is 18.3 Å². The maximum absolute atomic E-state index is 13.9. The first kappa shape index (κ1) is 20.4. The Labute approximate surface area is 166 Å². The Balaban J connectivity index is 1.70. The zero-order valence-electron chi connectivity index (χ0n) is 15.6. The van der Waals surface area contributed by atoms with Crippen LogP contribution < -0.4 is 20.7 Å². The largest absolute Gasteiger partial charge is 0.488 e. The summed E-state index contributed by atoms with van der Waals surface area (Å²) >= 11 is 0. The van der Waals surface area contributed by atoms with Gasteiger partial charge in [-0.05, 0) is 30.2 Å². The van der Waals surface area contributed by atoms with Gasteiger partial charge in [-0.25, -0.2) is 18.7 Å². The van der Waals surface area contributed by atoms with Crippen molar-refractivity contribution in [1.82, 2.24) is 15.3 Å². The number of carbonyl (C=O) groups is 2. The van der Waals surface area contributed by atoms with Crippen LogP contribution in [0.1, 0.15) is 28.9 Å². The van der Waals surface area contributed by atoms with Gasteiger partial charge in [-0.1, -0.05) is 0 Å². The van der Waals surface area contributed by atoms with Gasteiger partial charge in [0.25, 0.3) is 5.91 Å². The van der Waals surface area contributed by atoms with Crippen molar-refractivity contribution in [3.63, 3.8) is 0 Å². The topological polar surface area (TPSA) is 110 Å². The number of nitrogens with two attached hydrogens (primary N) is 1. The van der Waals surface area contributed by atoms with Crippen molar-refractivity contribution < 1.29 is 23.1 Å². The minimum atomic E-state index is -2.88. The van der Waals surface area contributed by atoms with Crippen LogP contribution in [-0.2, 0) is 11.2 Å². The van der Waals surface area contributed by atoms with Gasteiger partial charge >= 0.3 is 0 Å². The van der Waals surface area contributed by atoms with Gasteiger partial charge in [-0.15, -0.1) is 0 Å². The number of nitrogens with one attached hydrogen (secondary N) is 1. The summed E-state index contributed by atoms with van der Waals surface area (Å²) in [6, 6.07) is 4.95. The van der Waals surface area contributed by atoms with E-state index in [0.717, 1.165) is 0 Å². The molecule has 1 aliphatic rings. The fourth-order valence-electron chi connectivity index (χ4n) is 2.99. The van der Waals surface area contributed by atoms with Crippen LogP contribution in [-0.4, -0.2) is 47.9 Å². The van der Waals surface area contributed by atoms with Crippen molar-refractivity contribution in [1.29, 1.82) is 0 Å². The first-order valence-corrected chi connectivity index (χ1v) is 9.09. The number of hydrogen-bond acceptors (Lipinski definition) is 6. The molecular weight excluding hydrogens is 384 g/mol. The van der Waals surface area contributed by atoms with Gasteiger partial charge in [0.05, 0.1) is 18.4 Å². The summed E-state index contributed by atoms with van der Waals surface area (Å²) in [6.45, 7) is 0.849. The fourth-order valence-corrected chi connectivity index (χ4v) is 2.99. The molecule has 8 nitrogen and oxygen atoms in total. The molecule has 0 fully saturated rings. The number of carbonyl (C=O) groups excluding carboxylic acids is 2. The standard InChI is InChI=1S/C19H21F2N5O3/c20-19(21,5-6-23-12-27)4-3-13-9-16-18(25-10-13)26(7-8-29-16)14-1-2-15(17(22)28)24-11-14/h1-2,9-12H,3-8H2,(H2,22,28)(H,23,27). The second-order valence-electron chi connectivity index (χ2n) is 6.61. The lowest BCUT2D eigenvalue weighted by Crippen LogP contribution is -2.30. The average Bonchev–Trinajstić information content (AvgIpc) is 2.72. The van der Waals surface area contributed by atoms with Crippen LogP contribution in [0.25, 0.3) is 0 Å². The van der Waals surface area contributed by atoms with E-state index in [4.69, 9.17) is 10.5 Å². The molecule has 3 heterocycles. The van der Waals surface area contributed by atoms with Gasteiger partial charge in [0.2, 0.25) is 12.3 Å². The zero-order valence-corrected chi connectivity index (χ0v) is 15.6. The van der Waals surface area contributed by atoms with E-state index >= 15 is 0 Å². The first-order chi connectivity index (χ1) is 13.9. The number of primary amides is 1. The molecule has 0 bridgehead atoms. The minimum Gasteiger partial charge on any atom is -0.488 e. The van der Waals surface area contributed by atoms with Gasteiger partial charge in [0.1, 0.15) is 12.3 Å². The summed E-state index contributed by atoms with van der Waals surface area (Å²) < 4.78 is 33.4. The van der Waals surface area contributed by atoms with Crippen molar-refractivity contribution in [2.24, 2.45) is 5.73 Å². The Morgan fingerprint density at radius 3 is 2.83 bits per heavy atom. The third-order valence-electron chi connectivity index (χ3n) is 4.53. The highest BCUT2D eigenvalue weighted by Crippen LogP contribution is 2.35. The average molecular weight is 405 g/mol. The van der Waals surface area contributed by atoms with E-state index in [0.29, 0.717) is 42.4 Å². The summed E-state index contributed by atoms with van der Waals surface area (Å²) in [5, 5.41) is 2.24. The number of hydrogen-bond donors (Lipinski definition) is 2. The molecule has 10 heteroatoms. The highest BCUT2D eigenvalue weighted by atomic mass is 19.3. The molecule has 0 aromatic carbocycles. The van der Waals surface area contributed by atoms with Gasteiger partial charge in [0.15, 0.2) is 11.6 Å². The zero-order chi connectivity index (χ0) is 20.9. The first-order valence-electron chi connectivity index (χ1n) is 9.09. The second kappa shape index (κ2) is 8.80. The smallest absolute Gasteiger partial charge is 0.267 e. The molecular formula is C19H21F2N5O3. The lowest BCUT2D eigenvalue weighted by Gasteiger charge is -2.30. The van der Waals surface area contributed by atoms with Crippen molar-refractivity contribution in [2.75, 3.05) is 24.6 Å². The molecule has 3 rings (SSSR count). The van der Waals surface area contributed by atoms with E-state index in [9.17, 15) is 18.4 Å². The van der Waals surface area contributed by atoms with Gasteiger partial charge in [0, 0.05) is 25.6 Å². The Morgan fingerprint density at radius 2 is 2.14 bits per heavy atom. The van der Waals surface area contributed by atoms with Crippen LogP contribution in [0.15, 0.2) is 30.6 Å². The van der Waals surface area contributed by atoms with Crippen LogP contribution >= 0.6 is 0 Å². The van der Waals surface area contributed by atoms with Crippen LogP contribution in [0.4, 0.5) is 20.3 Å². The summed E-state index contributed by atoms with van der Waals surface area (Å²) in [5.41, 5.74) is 6.72. The number of anilines is 2. The molecule has 0 saturated carbocycles. The number of rotatable bonds is 9. The highest BCUT2D eigenvalue weighted by molar-refractivity contribution is 5.91. The molecule has 0 aliphatic carbocycles. The van der Waals surface area contributed by atoms with Gasteiger partial charge < -0.3 is 20.7 Å². The number of fused-ring (bicyclic) bond motifs is 1. The van der Waals surface area contributed by atoms with Gasteiger partial charge in [-0.2, -0.15) is 0 Å². The normalized spacial score (nSPS) is 13.4. The van der Waals surface area contributed by atoms with Crippen molar-refractivity contribution >= 4 is 23.8 Å². The number of pyridine rings is 2. The molecule has 0 spiro atoms. The Morgan fingerprint density at radius 1 is 1.31 bits per heavy atom. The maximum Gasteiger partial charge on any atom is 0.267 e. The molecule has 3 N–H and O–H groups in total. The van der Waals surface area contributed by atoms with Crippen LogP contribution in [0.5, 0.6) is 5.75 Å². The quantitative estimate of drug-likeness (QED) is 0.486. The number of nitrogens with zero attached hydrogens (tertiary/aromatic N) is 3. The number of aryl methyl sites for hydroxylation is 1. The SMILES string of the molecule is NC(=O)c1ccc(N2CCOc3cc(CCC(F)(F)CCNC=O)cnc32)cn1. The summed E-state index contributed by atoms with van der Waals surface area (Å²) in [5.74, 6) is -2.44.